The van der Waals surface area contributed by atoms with E-state index in [0.717, 1.165) is 28.0 Å². The van der Waals surface area contributed by atoms with Crippen molar-refractivity contribution in [2.75, 3.05) is 23.5 Å². The lowest BCUT2D eigenvalue weighted by Gasteiger charge is -2.29. The first-order valence-corrected chi connectivity index (χ1v) is 10.8. The molecule has 0 N–H and O–H groups in total. The van der Waals surface area contributed by atoms with Gasteiger partial charge in [-0.15, -0.1) is 0 Å². The van der Waals surface area contributed by atoms with E-state index < -0.39 is 47.1 Å². The number of benzene rings is 2. The fourth-order valence-corrected chi connectivity index (χ4v) is 4.15. The minimum absolute atomic E-state index is 0.0115. The van der Waals surface area contributed by atoms with Crippen LogP contribution < -0.4 is 14.5 Å². The fourth-order valence-electron chi connectivity index (χ4n) is 3.96. The second-order valence-corrected chi connectivity index (χ2v) is 8.43. The molecule has 11 heteroatoms. The monoisotopic (exact) mass is 511 g/mol. The number of methoxy groups -OCH3 is 1. The largest absolute Gasteiger partial charge is 0.481 e. The zero-order valence-corrected chi connectivity index (χ0v) is 19.3. The molecular formula is C24H19ClF5N3O2. The number of aromatic nitrogens is 1. The van der Waals surface area contributed by atoms with Crippen LogP contribution in [0.1, 0.15) is 23.6 Å². The van der Waals surface area contributed by atoms with E-state index in [9.17, 15) is 26.7 Å². The summed E-state index contributed by atoms with van der Waals surface area (Å²) >= 11 is 5.70. The molecule has 5 nitrogen and oxygen atoms in total. The Kier molecular flexibility index (Phi) is 6.59. The van der Waals surface area contributed by atoms with Gasteiger partial charge >= 0.3 is 6.03 Å². The van der Waals surface area contributed by atoms with Crippen molar-refractivity contribution in [1.29, 1.82) is 0 Å². The third-order valence-electron chi connectivity index (χ3n) is 5.67. The van der Waals surface area contributed by atoms with Crippen molar-refractivity contribution in [1.82, 2.24) is 4.98 Å². The van der Waals surface area contributed by atoms with Crippen LogP contribution in [-0.2, 0) is 18.9 Å². The number of hydrogen-bond donors (Lipinski definition) is 0. The summed E-state index contributed by atoms with van der Waals surface area (Å²) in [6, 6.07) is 6.06. The zero-order valence-electron chi connectivity index (χ0n) is 18.6. The molecule has 0 atom stereocenters. The van der Waals surface area contributed by atoms with Gasteiger partial charge in [-0.05, 0) is 36.8 Å². The summed E-state index contributed by atoms with van der Waals surface area (Å²) < 4.78 is 77.2. The third-order valence-corrected chi connectivity index (χ3v) is 5.89. The molecule has 0 spiro atoms. The minimum Gasteiger partial charge on any atom is -0.481 e. The van der Waals surface area contributed by atoms with Crippen LogP contribution in [0, 0.1) is 17.5 Å². The lowest BCUT2D eigenvalue weighted by Crippen LogP contribution is -2.43. The maximum atomic E-state index is 14.7. The van der Waals surface area contributed by atoms with Crippen LogP contribution in [0.15, 0.2) is 42.6 Å². The first-order chi connectivity index (χ1) is 16.5. The lowest BCUT2D eigenvalue weighted by molar-refractivity contribution is 0.0145. The van der Waals surface area contributed by atoms with E-state index >= 15 is 0 Å². The van der Waals surface area contributed by atoms with Gasteiger partial charge in [-0.25, -0.2) is 31.7 Å². The second-order valence-electron chi connectivity index (χ2n) is 7.99. The van der Waals surface area contributed by atoms with Crippen LogP contribution in [0.4, 0.5) is 38.1 Å². The molecule has 1 aliphatic rings. The van der Waals surface area contributed by atoms with Crippen LogP contribution in [0.5, 0.6) is 5.88 Å². The van der Waals surface area contributed by atoms with E-state index in [2.05, 4.69) is 4.98 Å². The minimum atomic E-state index is -3.34. The lowest BCUT2D eigenvalue weighted by atomic mass is 10.1. The molecule has 0 aliphatic carbocycles. The number of nitrogens with zero attached hydrogens (tertiary/aromatic N) is 3. The molecule has 0 fully saturated rings. The summed E-state index contributed by atoms with van der Waals surface area (Å²) in [7, 11) is 1.19. The molecule has 184 valence electrons. The third kappa shape index (κ3) is 4.75. The van der Waals surface area contributed by atoms with Gasteiger partial charge in [-0.2, -0.15) is 0 Å². The molecule has 0 radical (unpaired) electrons. The zero-order chi connectivity index (χ0) is 25.5. The molecule has 0 saturated heterocycles. The van der Waals surface area contributed by atoms with Crippen LogP contribution in [-0.4, -0.2) is 24.7 Å². The first-order valence-electron chi connectivity index (χ1n) is 10.4. The Morgan fingerprint density at radius 3 is 2.43 bits per heavy atom. The summed E-state index contributed by atoms with van der Waals surface area (Å²) in [5.41, 5.74) is -0.787. The van der Waals surface area contributed by atoms with E-state index in [4.69, 9.17) is 16.3 Å². The number of fused-ring (bicyclic) bond motifs is 1. The molecule has 1 aromatic heterocycles. The number of alkyl halides is 2. The smallest absolute Gasteiger partial charge is 0.329 e. The summed E-state index contributed by atoms with van der Waals surface area (Å²) in [6.45, 7) is -0.0389. The van der Waals surface area contributed by atoms with Crippen molar-refractivity contribution in [2.24, 2.45) is 0 Å². The SMILES string of the molecule is COc1ncc(N2CCc3c(F)cccc3N(Cc3c(F)cc(Cl)cc3F)C2=O)cc1C(C)(F)F. The van der Waals surface area contributed by atoms with E-state index in [1.165, 1.54) is 31.5 Å². The van der Waals surface area contributed by atoms with Gasteiger partial charge in [-0.1, -0.05) is 17.7 Å². The molecule has 1 aliphatic heterocycles. The molecule has 2 heterocycles. The summed E-state index contributed by atoms with van der Waals surface area (Å²) in [5.74, 6) is -6.26. The number of carbonyl (C=O) groups excluding carboxylic acids is 1. The number of carbonyl (C=O) groups is 1. The van der Waals surface area contributed by atoms with Crippen molar-refractivity contribution in [3.05, 3.63) is 81.8 Å². The van der Waals surface area contributed by atoms with Gasteiger partial charge in [-0.3, -0.25) is 9.80 Å². The molecular weight excluding hydrogens is 493 g/mol. The Hall–Kier alpha value is -3.40. The van der Waals surface area contributed by atoms with Gasteiger partial charge in [0.2, 0.25) is 5.88 Å². The van der Waals surface area contributed by atoms with E-state index in [1.54, 1.807) is 0 Å². The Balaban J connectivity index is 1.83. The maximum Gasteiger partial charge on any atom is 0.329 e. The van der Waals surface area contributed by atoms with Crippen molar-refractivity contribution >= 4 is 29.0 Å². The Labute approximate surface area is 202 Å². The molecule has 3 aromatic rings. The highest BCUT2D eigenvalue weighted by molar-refractivity contribution is 6.30. The number of rotatable bonds is 5. The topological polar surface area (TPSA) is 45.7 Å². The number of hydrogen-bond acceptors (Lipinski definition) is 3. The Bertz CT molecular complexity index is 1280. The number of pyridine rings is 1. The summed E-state index contributed by atoms with van der Waals surface area (Å²) in [4.78, 5) is 19.6. The van der Waals surface area contributed by atoms with Crippen LogP contribution in [0.3, 0.4) is 0 Å². The standard InChI is InChI=1S/C24H19ClF5N3O2/c1-24(29,30)17-10-14(11-31-22(17)35-2)32-7-6-15-18(26)4-3-5-21(15)33(23(32)34)12-16-19(27)8-13(25)9-20(16)28/h3-5,8-11H,6-7,12H2,1-2H3. The number of urea groups is 1. The van der Waals surface area contributed by atoms with E-state index in [0.29, 0.717) is 6.92 Å². The molecule has 4 rings (SSSR count). The second kappa shape index (κ2) is 9.33. The number of amides is 2. The number of halogens is 6. The van der Waals surface area contributed by atoms with Crippen molar-refractivity contribution < 1.29 is 31.5 Å². The predicted octanol–water partition coefficient (Wildman–Crippen LogP) is 6.46. The summed E-state index contributed by atoms with van der Waals surface area (Å²) in [6.07, 6.45) is 1.18. The van der Waals surface area contributed by atoms with Gasteiger partial charge in [0.1, 0.15) is 17.5 Å². The molecule has 0 unspecified atom stereocenters. The van der Waals surface area contributed by atoms with Crippen molar-refractivity contribution in [2.45, 2.75) is 25.8 Å². The highest BCUT2D eigenvalue weighted by Gasteiger charge is 2.35. The first kappa shape index (κ1) is 24.7. The average Bonchev–Trinajstić information content (AvgIpc) is 2.92. The predicted molar refractivity (Wildman–Crippen MR) is 121 cm³/mol. The highest BCUT2D eigenvalue weighted by atomic mass is 35.5. The number of anilines is 2. The molecule has 35 heavy (non-hydrogen) atoms. The van der Waals surface area contributed by atoms with Crippen molar-refractivity contribution in [3.8, 4) is 5.88 Å². The van der Waals surface area contributed by atoms with E-state index in [1.807, 2.05) is 0 Å². The maximum absolute atomic E-state index is 14.7. The van der Waals surface area contributed by atoms with Crippen LogP contribution in [0.25, 0.3) is 0 Å². The fraction of sp³-hybridized carbons (Fsp3) is 0.250. The van der Waals surface area contributed by atoms with Gasteiger partial charge in [0.15, 0.2) is 0 Å². The molecule has 0 bridgehead atoms. The molecule has 0 saturated carbocycles. The quantitative estimate of drug-likeness (QED) is 0.369. The normalized spacial score (nSPS) is 14.1. The van der Waals surface area contributed by atoms with Crippen LogP contribution in [0.2, 0.25) is 5.02 Å². The van der Waals surface area contributed by atoms with Gasteiger partial charge in [0.05, 0.1) is 36.8 Å². The molecule has 2 amide bonds. The highest BCUT2D eigenvalue weighted by Crippen LogP contribution is 2.37. The Morgan fingerprint density at radius 1 is 1.11 bits per heavy atom. The van der Waals surface area contributed by atoms with Gasteiger partial charge < -0.3 is 4.74 Å². The number of ether oxygens (including phenoxy) is 1. The molecule has 2 aromatic carbocycles. The summed E-state index contributed by atoms with van der Waals surface area (Å²) in [5, 5.41) is -0.170. The van der Waals surface area contributed by atoms with E-state index in [-0.39, 0.29) is 40.8 Å². The Morgan fingerprint density at radius 2 is 1.80 bits per heavy atom. The average molecular weight is 512 g/mol. The van der Waals surface area contributed by atoms with Crippen LogP contribution >= 0.6 is 11.6 Å². The van der Waals surface area contributed by atoms with Gasteiger partial charge in [0, 0.05) is 29.6 Å². The van der Waals surface area contributed by atoms with Gasteiger partial charge in [0.25, 0.3) is 5.92 Å². The van der Waals surface area contributed by atoms with Crippen molar-refractivity contribution in [3.63, 3.8) is 0 Å².